The average Bonchev–Trinajstić information content (AvgIpc) is 2.66. The molecule has 0 atom stereocenters. The Morgan fingerprint density at radius 3 is 1.75 bits per heavy atom. The zero-order chi connectivity index (χ0) is 21.5. The Bertz CT molecular complexity index is 977. The molecule has 0 saturated carbocycles. The van der Waals surface area contributed by atoms with Gasteiger partial charge < -0.3 is 9.47 Å². The minimum Gasteiger partial charge on any atom is -0.496 e. The van der Waals surface area contributed by atoms with Crippen molar-refractivity contribution in [2.75, 3.05) is 26.7 Å². The molecule has 152 valence electrons. The maximum atomic E-state index is 11.3. The Morgan fingerprint density at radius 1 is 0.893 bits per heavy atom. The van der Waals surface area contributed by atoms with Crippen LogP contribution < -0.4 is 9.47 Å². The molecule has 0 aliphatic carbocycles. The predicted molar refractivity (Wildman–Crippen MR) is 104 cm³/mol. The van der Waals surface area contributed by atoms with E-state index in [0.29, 0.717) is 5.75 Å². The monoisotopic (exact) mass is 430 g/mol. The lowest BCUT2D eigenvalue weighted by Gasteiger charge is -2.05. The number of non-ortho nitro benzene ring substituents is 2. The average molecular weight is 430 g/mol. The van der Waals surface area contributed by atoms with Crippen LogP contribution >= 0.6 is 11.8 Å². The summed E-state index contributed by atoms with van der Waals surface area (Å²) in [5.74, 6) is 0.765. The first-order valence-electron chi connectivity index (χ1n) is 7.44. The van der Waals surface area contributed by atoms with Gasteiger partial charge in [-0.1, -0.05) is 0 Å². The first-order valence-corrected chi connectivity index (χ1v) is 10.6. The smallest absolute Gasteiger partial charge is 0.271 e. The second-order valence-corrected chi connectivity index (χ2v) is 7.99. The summed E-state index contributed by atoms with van der Waals surface area (Å²) in [7, 11) is -0.687. The molecule has 0 saturated heterocycles. The van der Waals surface area contributed by atoms with E-state index in [-0.39, 0.29) is 22.0 Å². The molecule has 0 aromatic heterocycles. The highest BCUT2D eigenvalue weighted by Crippen LogP contribution is 2.31. The number of nitrogens with zero attached hydrogens (tertiary/aromatic N) is 2. The number of rotatable bonds is 6. The van der Waals surface area contributed by atoms with E-state index in [1.165, 1.54) is 43.1 Å². The van der Waals surface area contributed by atoms with Gasteiger partial charge in [-0.3, -0.25) is 20.2 Å². The van der Waals surface area contributed by atoms with Crippen LogP contribution in [0.25, 0.3) is 0 Å². The van der Waals surface area contributed by atoms with Crippen LogP contribution in [0.3, 0.4) is 0 Å². The summed E-state index contributed by atoms with van der Waals surface area (Å²) in [6.45, 7) is 0. The van der Waals surface area contributed by atoms with Crippen molar-refractivity contribution in [2.45, 2.75) is 9.79 Å². The van der Waals surface area contributed by atoms with Gasteiger partial charge in [0.25, 0.3) is 11.4 Å². The van der Waals surface area contributed by atoms with Crippen LogP contribution in [0.15, 0.2) is 46.2 Å². The molecule has 0 N–H and O–H groups in total. The Morgan fingerprint density at radius 2 is 1.36 bits per heavy atom. The Kier molecular flexibility index (Phi) is 8.19. The number of hydrogen-bond acceptors (Lipinski definition) is 9. The van der Waals surface area contributed by atoms with Crippen LogP contribution in [0.4, 0.5) is 11.4 Å². The van der Waals surface area contributed by atoms with Crippen LogP contribution in [0.5, 0.6) is 11.5 Å². The molecule has 0 aliphatic rings. The fourth-order valence-corrected chi connectivity index (χ4v) is 3.45. The van der Waals surface area contributed by atoms with Gasteiger partial charge in [-0.25, -0.2) is 8.42 Å². The second kappa shape index (κ2) is 9.90. The minimum absolute atomic E-state index is 0.0881. The molecular formula is C16H18N2O8S2. The molecule has 12 heteroatoms. The molecule has 0 radical (unpaired) electrons. The van der Waals surface area contributed by atoms with E-state index in [4.69, 9.17) is 9.47 Å². The van der Waals surface area contributed by atoms with E-state index in [1.807, 2.05) is 6.26 Å². The van der Waals surface area contributed by atoms with Crippen LogP contribution in [-0.4, -0.2) is 45.0 Å². The van der Waals surface area contributed by atoms with Crippen molar-refractivity contribution >= 4 is 33.0 Å². The van der Waals surface area contributed by atoms with Gasteiger partial charge in [-0.15, -0.1) is 11.8 Å². The maximum Gasteiger partial charge on any atom is 0.271 e. The van der Waals surface area contributed by atoms with Crippen molar-refractivity contribution in [3.05, 3.63) is 56.6 Å². The number of benzene rings is 2. The van der Waals surface area contributed by atoms with Gasteiger partial charge in [-0.2, -0.15) is 0 Å². The molecule has 2 aromatic carbocycles. The van der Waals surface area contributed by atoms with Gasteiger partial charge in [0.05, 0.1) is 29.0 Å². The quantitative estimate of drug-likeness (QED) is 0.383. The lowest BCUT2D eigenvalue weighted by atomic mass is 10.3. The Labute approximate surface area is 165 Å². The second-order valence-electron chi connectivity index (χ2n) is 5.16. The maximum absolute atomic E-state index is 11.3. The molecule has 0 amide bonds. The zero-order valence-electron chi connectivity index (χ0n) is 15.4. The van der Waals surface area contributed by atoms with Gasteiger partial charge in [0, 0.05) is 30.5 Å². The number of ether oxygens (including phenoxy) is 2. The van der Waals surface area contributed by atoms with Crippen LogP contribution in [0, 0.1) is 20.2 Å². The zero-order valence-corrected chi connectivity index (χ0v) is 17.1. The summed E-state index contributed by atoms with van der Waals surface area (Å²) in [5, 5.41) is 20.9. The lowest BCUT2D eigenvalue weighted by molar-refractivity contribution is -0.385. The molecule has 2 aromatic rings. The van der Waals surface area contributed by atoms with Gasteiger partial charge in [0.1, 0.15) is 16.4 Å². The van der Waals surface area contributed by atoms with E-state index in [2.05, 4.69) is 0 Å². The van der Waals surface area contributed by atoms with Crippen molar-refractivity contribution in [1.29, 1.82) is 0 Å². The first kappa shape index (κ1) is 23.2. The third-order valence-electron chi connectivity index (χ3n) is 3.34. The minimum atomic E-state index is -3.53. The summed E-state index contributed by atoms with van der Waals surface area (Å²) in [5.41, 5.74) is -0.193. The number of nitro benzene ring substituents is 2. The number of sulfone groups is 1. The fourth-order valence-electron chi connectivity index (χ4n) is 2.01. The molecule has 0 fully saturated rings. The van der Waals surface area contributed by atoms with Crippen molar-refractivity contribution in [1.82, 2.24) is 0 Å². The molecule has 0 aliphatic heterocycles. The van der Waals surface area contributed by atoms with Crippen LogP contribution in [-0.2, 0) is 9.84 Å². The SMILES string of the molecule is COc1ccc([N+](=O)[O-])cc1S(C)(=O)=O.COc1ccc([N+](=O)[O-])cc1SC. The van der Waals surface area contributed by atoms with Crippen molar-refractivity contribution in [2.24, 2.45) is 0 Å². The van der Waals surface area contributed by atoms with Gasteiger partial charge in [0.15, 0.2) is 9.84 Å². The topological polar surface area (TPSA) is 139 Å². The standard InChI is InChI=1S/C8H9NO5S.C8H9NO3S/c1-14-7-4-3-6(9(10)11)5-8(7)15(2,12)13;1-12-7-4-3-6(9(10)11)5-8(7)13-2/h3-5H,1-2H3;3-5H,1-2H3. The molecule has 10 nitrogen and oxygen atoms in total. The van der Waals surface area contributed by atoms with Gasteiger partial charge in [0.2, 0.25) is 0 Å². The Balaban J connectivity index is 0.000000283. The fraction of sp³-hybridized carbons (Fsp3) is 0.250. The van der Waals surface area contributed by atoms with Gasteiger partial charge in [-0.05, 0) is 18.4 Å². The summed E-state index contributed by atoms with van der Waals surface area (Å²) >= 11 is 1.42. The third kappa shape index (κ3) is 6.09. The molecule has 0 bridgehead atoms. The van der Waals surface area contributed by atoms with Crippen molar-refractivity contribution < 1.29 is 27.7 Å². The molecule has 2 rings (SSSR count). The highest BCUT2D eigenvalue weighted by Gasteiger charge is 2.18. The number of thioether (sulfide) groups is 1. The van der Waals surface area contributed by atoms with Crippen LogP contribution in [0.1, 0.15) is 0 Å². The molecule has 0 heterocycles. The van der Waals surface area contributed by atoms with Crippen molar-refractivity contribution in [3.63, 3.8) is 0 Å². The van der Waals surface area contributed by atoms with E-state index in [9.17, 15) is 28.6 Å². The normalized spacial score (nSPS) is 10.4. The number of hydrogen-bond donors (Lipinski definition) is 0. The predicted octanol–water partition coefficient (Wildman–Crippen LogP) is 3.33. The van der Waals surface area contributed by atoms with Crippen LogP contribution in [0.2, 0.25) is 0 Å². The van der Waals surface area contributed by atoms with E-state index in [0.717, 1.165) is 17.2 Å². The molecule has 28 heavy (non-hydrogen) atoms. The summed E-state index contributed by atoms with van der Waals surface area (Å²) < 4.78 is 32.4. The summed E-state index contributed by atoms with van der Waals surface area (Å²) in [6.07, 6.45) is 2.82. The highest BCUT2D eigenvalue weighted by molar-refractivity contribution is 7.98. The molecular weight excluding hydrogens is 412 g/mol. The van der Waals surface area contributed by atoms with Gasteiger partial charge >= 0.3 is 0 Å². The molecule has 0 spiro atoms. The summed E-state index contributed by atoms with van der Waals surface area (Å²) in [6, 6.07) is 7.96. The first-order chi connectivity index (χ1) is 13.0. The van der Waals surface area contributed by atoms with E-state index in [1.54, 1.807) is 13.2 Å². The Hall–Kier alpha value is -2.86. The largest absolute Gasteiger partial charge is 0.496 e. The lowest BCUT2D eigenvalue weighted by Crippen LogP contribution is -2.01. The molecule has 0 unspecified atom stereocenters. The van der Waals surface area contributed by atoms with E-state index < -0.39 is 19.7 Å². The van der Waals surface area contributed by atoms with Crippen molar-refractivity contribution in [3.8, 4) is 11.5 Å². The summed E-state index contributed by atoms with van der Waals surface area (Å²) in [4.78, 5) is 20.4. The number of nitro groups is 2. The third-order valence-corrected chi connectivity index (χ3v) is 5.21. The van der Waals surface area contributed by atoms with E-state index >= 15 is 0 Å². The highest BCUT2D eigenvalue weighted by atomic mass is 32.2. The number of methoxy groups -OCH3 is 2.